The third-order valence-electron chi connectivity index (χ3n) is 11.9. The Morgan fingerprint density at radius 2 is 0.923 bits per heavy atom. The van der Waals surface area contributed by atoms with Gasteiger partial charge < -0.3 is 54.2 Å². The summed E-state index contributed by atoms with van der Waals surface area (Å²) in [6.07, 6.45) is 13.6. The molecule has 0 bridgehead atoms. The highest BCUT2D eigenvalue weighted by molar-refractivity contribution is 7.52. The van der Waals surface area contributed by atoms with Crippen molar-refractivity contribution in [2.24, 2.45) is 0 Å². The fourth-order valence-electron chi connectivity index (χ4n) is 8.17. The number of ether oxygens (including phenoxy) is 2. The van der Waals surface area contributed by atoms with Crippen LogP contribution in [0.4, 0.5) is 0 Å². The van der Waals surface area contributed by atoms with Gasteiger partial charge in [0.25, 0.3) is 11.1 Å². The van der Waals surface area contributed by atoms with Gasteiger partial charge in [-0.25, -0.2) is 24.5 Å². The summed E-state index contributed by atoms with van der Waals surface area (Å²) in [6, 6.07) is 0. The summed E-state index contributed by atoms with van der Waals surface area (Å²) in [6.45, 7) is -0.852. The molecule has 6 rings (SSSR count). The number of phosphoric acid groups is 1. The molecule has 0 aliphatic carbocycles. The van der Waals surface area contributed by atoms with Crippen LogP contribution in [0.15, 0.2) is 34.9 Å². The molecule has 65 heavy (non-hydrogen) atoms. The lowest BCUT2D eigenvalue weighted by molar-refractivity contribution is -0.0514. The van der Waals surface area contributed by atoms with E-state index in [2.05, 4.69) is 29.9 Å². The maximum absolute atomic E-state index is 12.6. The molecule has 2 unspecified atom stereocenters. The number of rotatable bonds is 30. The van der Waals surface area contributed by atoms with E-state index in [9.17, 15) is 48.9 Å². The molecular weight excluding hydrogens is 894 g/mol. The molecule has 2 fully saturated rings. The zero-order valence-corrected chi connectivity index (χ0v) is 38.2. The second-order valence-electron chi connectivity index (χ2n) is 16.8. The molecule has 2 aliphatic rings. The summed E-state index contributed by atoms with van der Waals surface area (Å²) in [5, 5.41) is 42.1. The number of hydrogen-bond acceptors (Lipinski definition) is 17. The average molecular weight is 959 g/mol. The Morgan fingerprint density at radius 1 is 0.538 bits per heavy atom. The molecule has 4 aromatic heterocycles. The topological polar surface area (TPSA) is 329 Å². The van der Waals surface area contributed by atoms with Crippen molar-refractivity contribution >= 4 is 37.7 Å². The van der Waals surface area contributed by atoms with E-state index >= 15 is 0 Å². The Hall–Kier alpha value is -3.28. The SMILES string of the molecule is O=c1[nH]cnc2c1ncn2[C@@H]1O[C@H](COP(=O)(O)CCCCCCCCCCCCCCCCCCCCOP(=O)(O)OC[C@H]2O[C@@H](n3cnc4c(=O)[nH]cnc43)[C@H](O)[C@@H]2O)[C@@H](O)[C@H]1O. The fourth-order valence-corrected chi connectivity index (χ4v) is 10.1. The number of aromatic nitrogens is 8. The van der Waals surface area contributed by atoms with Crippen molar-refractivity contribution in [2.45, 2.75) is 165 Å². The minimum Gasteiger partial charge on any atom is -0.387 e. The van der Waals surface area contributed by atoms with E-state index in [1.165, 1.54) is 85.8 Å². The van der Waals surface area contributed by atoms with E-state index in [-0.39, 0.29) is 41.7 Å². The molecule has 0 spiro atoms. The highest BCUT2D eigenvalue weighted by atomic mass is 31.2. The van der Waals surface area contributed by atoms with Gasteiger partial charge in [0.2, 0.25) is 0 Å². The minimum atomic E-state index is -4.42. The minimum absolute atomic E-state index is 0.00936. The van der Waals surface area contributed by atoms with Crippen LogP contribution in [0.2, 0.25) is 0 Å². The highest BCUT2D eigenvalue weighted by Gasteiger charge is 2.46. The predicted molar refractivity (Wildman–Crippen MR) is 234 cm³/mol. The summed E-state index contributed by atoms with van der Waals surface area (Å²) in [7, 11) is -8.35. The first-order chi connectivity index (χ1) is 31.3. The summed E-state index contributed by atoms with van der Waals surface area (Å²) in [5.41, 5.74) is -0.540. The van der Waals surface area contributed by atoms with E-state index in [4.69, 9.17) is 23.0 Å². The summed E-state index contributed by atoms with van der Waals surface area (Å²) >= 11 is 0. The van der Waals surface area contributed by atoms with E-state index in [0.29, 0.717) is 12.8 Å². The largest absolute Gasteiger partial charge is 0.472 e. The van der Waals surface area contributed by atoms with Crippen molar-refractivity contribution in [3.8, 4) is 0 Å². The standard InChI is InChI=1S/C40H64N8O15P2/c49-31-27(62-39(33(31)51)47-25-45-29-35(47)41-23-43-37(29)53)21-60-64(55,56)20-18-16-14-12-10-8-6-4-2-1-3-5-7-9-11-13-15-17-19-59-65(57,58)61-22-28-32(50)34(52)40(63-28)48-26-46-30-36(48)42-24-44-38(30)54/h23-28,31-34,39-40,49-52H,1-22H2,(H,55,56)(H,57,58)(H,41,43,53)(H,42,44,54)/t27-,28-,31-,32-,33-,34-,39-,40-/m1/s1. The number of aliphatic hydroxyl groups is 4. The third kappa shape index (κ3) is 14.4. The first kappa shape index (κ1) is 51.1. The number of hydrogen-bond donors (Lipinski definition) is 8. The van der Waals surface area contributed by atoms with Gasteiger partial charge in [0.1, 0.15) is 36.6 Å². The number of nitrogens with one attached hydrogen (secondary N) is 2. The number of nitrogens with zero attached hydrogens (tertiary/aromatic N) is 6. The van der Waals surface area contributed by atoms with E-state index in [1.807, 2.05) is 0 Å². The number of imidazole rings is 2. The highest BCUT2D eigenvalue weighted by Crippen LogP contribution is 2.45. The lowest BCUT2D eigenvalue weighted by atomic mass is 10.0. The van der Waals surface area contributed by atoms with Crippen LogP contribution in [0, 0.1) is 0 Å². The third-order valence-corrected chi connectivity index (χ3v) is 14.3. The quantitative estimate of drug-likeness (QED) is 0.0272. The molecule has 0 amide bonds. The zero-order valence-electron chi connectivity index (χ0n) is 36.4. The predicted octanol–water partition coefficient (Wildman–Crippen LogP) is 3.85. The molecule has 0 saturated carbocycles. The van der Waals surface area contributed by atoms with Gasteiger partial charge >= 0.3 is 15.4 Å². The van der Waals surface area contributed by atoms with Crippen molar-refractivity contribution in [3.05, 3.63) is 46.0 Å². The van der Waals surface area contributed by atoms with Crippen LogP contribution in [0.5, 0.6) is 0 Å². The summed E-state index contributed by atoms with van der Waals surface area (Å²) in [4.78, 5) is 65.3. The van der Waals surface area contributed by atoms with Gasteiger partial charge in [0, 0.05) is 6.16 Å². The van der Waals surface area contributed by atoms with Crippen molar-refractivity contribution in [3.63, 3.8) is 0 Å². The molecule has 8 N–H and O–H groups in total. The number of fused-ring (bicyclic) bond motifs is 2. The van der Waals surface area contributed by atoms with Gasteiger partial charge in [0.05, 0.1) is 45.1 Å². The number of aromatic amines is 2. The lowest BCUT2D eigenvalue weighted by Crippen LogP contribution is -2.33. The van der Waals surface area contributed by atoms with E-state index < -0.39 is 82.2 Å². The number of unbranched alkanes of at least 4 members (excludes halogenated alkanes) is 17. The van der Waals surface area contributed by atoms with Crippen molar-refractivity contribution in [2.75, 3.05) is 26.0 Å². The maximum Gasteiger partial charge on any atom is 0.472 e. The second-order valence-corrected chi connectivity index (χ2v) is 20.3. The van der Waals surface area contributed by atoms with Crippen LogP contribution in [-0.4, -0.2) is 132 Å². The molecule has 25 heteroatoms. The van der Waals surface area contributed by atoms with Crippen LogP contribution < -0.4 is 11.1 Å². The first-order valence-electron chi connectivity index (χ1n) is 22.7. The molecule has 364 valence electrons. The Morgan fingerprint density at radius 3 is 1.35 bits per heavy atom. The first-order valence-corrected chi connectivity index (χ1v) is 25.9. The molecule has 23 nitrogen and oxygen atoms in total. The molecule has 6 heterocycles. The smallest absolute Gasteiger partial charge is 0.387 e. The lowest BCUT2D eigenvalue weighted by Gasteiger charge is -2.18. The van der Waals surface area contributed by atoms with E-state index in [0.717, 1.165) is 51.4 Å². The number of aliphatic hydroxyl groups excluding tert-OH is 4. The Bertz CT molecular complexity index is 2140. The monoisotopic (exact) mass is 958 g/mol. The molecule has 4 aromatic rings. The van der Waals surface area contributed by atoms with Gasteiger partial charge in [-0.3, -0.25) is 32.3 Å². The summed E-state index contributed by atoms with van der Waals surface area (Å²) < 4.78 is 54.5. The molecule has 10 atom stereocenters. The second kappa shape index (κ2) is 24.7. The van der Waals surface area contributed by atoms with Gasteiger partial charge in [-0.15, -0.1) is 0 Å². The van der Waals surface area contributed by atoms with Gasteiger partial charge in [-0.1, -0.05) is 103 Å². The van der Waals surface area contributed by atoms with Gasteiger partial charge in [-0.2, -0.15) is 0 Å². The molecule has 2 aliphatic heterocycles. The zero-order chi connectivity index (χ0) is 46.4. The van der Waals surface area contributed by atoms with E-state index in [1.54, 1.807) is 0 Å². The molecule has 2 saturated heterocycles. The van der Waals surface area contributed by atoms with Gasteiger partial charge in [-0.05, 0) is 12.8 Å². The fraction of sp³-hybridized carbons (Fsp3) is 0.750. The molecule has 0 radical (unpaired) electrons. The van der Waals surface area contributed by atoms with Crippen LogP contribution in [0.1, 0.15) is 128 Å². The molecular formula is C40H64N8O15P2. The summed E-state index contributed by atoms with van der Waals surface area (Å²) in [5.74, 6) is 0. The van der Waals surface area contributed by atoms with Crippen LogP contribution >= 0.6 is 15.4 Å². The maximum atomic E-state index is 12.6. The van der Waals surface area contributed by atoms with Crippen LogP contribution in [0.3, 0.4) is 0 Å². The Kier molecular flexibility index (Phi) is 19.4. The van der Waals surface area contributed by atoms with Crippen LogP contribution in [0.25, 0.3) is 22.3 Å². The number of phosphoric ester groups is 1. The van der Waals surface area contributed by atoms with Crippen molar-refractivity contribution in [1.82, 2.24) is 39.0 Å². The van der Waals surface area contributed by atoms with Crippen molar-refractivity contribution < 1.29 is 62.4 Å². The van der Waals surface area contributed by atoms with Crippen molar-refractivity contribution in [1.29, 1.82) is 0 Å². The average Bonchev–Trinajstić information content (AvgIpc) is 4.05. The van der Waals surface area contributed by atoms with Gasteiger partial charge in [0.15, 0.2) is 34.8 Å². The number of H-pyrrole nitrogens is 2. The Labute approximate surface area is 375 Å². The molecule has 0 aromatic carbocycles. The van der Waals surface area contributed by atoms with Crippen LogP contribution in [-0.2, 0) is 32.2 Å². The Balaban J connectivity index is 0.688. The normalized spacial score (nSPS) is 25.4.